The number of amides is 1. The second kappa shape index (κ2) is 7.52. The minimum Gasteiger partial charge on any atom is -0.744 e. The van der Waals surface area contributed by atoms with Gasteiger partial charge in [0.1, 0.15) is 15.8 Å². The van der Waals surface area contributed by atoms with Crippen LogP contribution < -0.4 is 4.90 Å². The summed E-state index contributed by atoms with van der Waals surface area (Å²) < 4.78 is 31.2. The Morgan fingerprint density at radius 1 is 1.04 bits per heavy atom. The second-order valence-corrected chi connectivity index (χ2v) is 6.90. The van der Waals surface area contributed by atoms with Crippen molar-refractivity contribution in [2.45, 2.75) is 11.8 Å². The van der Waals surface area contributed by atoms with Gasteiger partial charge in [0.05, 0.1) is 18.0 Å². The van der Waals surface area contributed by atoms with Crippen LogP contribution in [0.3, 0.4) is 0 Å². The highest BCUT2D eigenvalue weighted by Gasteiger charge is 2.26. The smallest absolute Gasteiger partial charge is 0.342 e. The highest BCUT2D eigenvalue weighted by molar-refractivity contribution is 7.85. The van der Waals surface area contributed by atoms with Gasteiger partial charge in [0.2, 0.25) is 0 Å². The van der Waals surface area contributed by atoms with Crippen LogP contribution >= 0.6 is 0 Å². The van der Waals surface area contributed by atoms with Gasteiger partial charge in [-0.1, -0.05) is 29.8 Å². The molecule has 7 heteroatoms. The van der Waals surface area contributed by atoms with E-state index >= 15 is 0 Å². The number of para-hydroxylation sites is 1. The Kier molecular flexibility index (Phi) is 5.63. The van der Waals surface area contributed by atoms with Crippen LogP contribution in [0.5, 0.6) is 0 Å². The zero-order chi connectivity index (χ0) is 18.6. The Morgan fingerprint density at radius 3 is 2.20 bits per heavy atom. The molecule has 1 atom stereocenters. The molecule has 0 aliphatic carbocycles. The van der Waals surface area contributed by atoms with Gasteiger partial charge in [-0.2, -0.15) is 0 Å². The molecule has 0 bridgehead atoms. The number of allylic oxidation sites excluding steroid dienone is 1. The quantitative estimate of drug-likeness (QED) is 0.634. The minimum absolute atomic E-state index is 0.0780. The summed E-state index contributed by atoms with van der Waals surface area (Å²) in [5, 5.41) is 0. The second-order valence-electron chi connectivity index (χ2n) is 5.52. The molecule has 1 N–H and O–H groups in total. The number of hydrogen-bond acceptors (Lipinski definition) is 5. The predicted molar refractivity (Wildman–Crippen MR) is 91.2 cm³/mol. The summed E-state index contributed by atoms with van der Waals surface area (Å²) in [6.45, 7) is 1.82. The lowest BCUT2D eigenvalue weighted by molar-refractivity contribution is -0.721. The first-order chi connectivity index (χ1) is 11.7. The number of benzene rings is 2. The van der Waals surface area contributed by atoms with Gasteiger partial charge in [-0.3, -0.25) is 4.79 Å². The Labute approximate surface area is 146 Å². The normalized spacial score (nSPS) is 16.2. The lowest BCUT2D eigenvalue weighted by atomic mass is 10.0. The van der Waals surface area contributed by atoms with Crippen molar-refractivity contribution in [2.75, 3.05) is 7.05 Å². The van der Waals surface area contributed by atoms with E-state index in [4.69, 9.17) is 0 Å². The highest BCUT2D eigenvalue weighted by Crippen LogP contribution is 2.21. The Morgan fingerprint density at radius 2 is 1.64 bits per heavy atom. The van der Waals surface area contributed by atoms with Gasteiger partial charge < -0.3 is 4.55 Å². The van der Waals surface area contributed by atoms with Crippen molar-refractivity contribution < 1.29 is 27.5 Å². The van der Waals surface area contributed by atoms with E-state index in [0.717, 1.165) is 23.1 Å². The fourth-order valence-corrected chi connectivity index (χ4v) is 2.79. The van der Waals surface area contributed by atoms with Crippen molar-refractivity contribution >= 4 is 33.6 Å². The highest BCUT2D eigenvalue weighted by atomic mass is 32.2. The van der Waals surface area contributed by atoms with E-state index in [2.05, 4.69) is 0 Å². The third kappa shape index (κ3) is 4.48. The number of aryl methyl sites for hydroxylation is 1. The van der Waals surface area contributed by atoms with Crippen LogP contribution in [0, 0.1) is 6.92 Å². The SMILES string of the molecule is C[NH+]1C(=O)C=C(C=O)c2ccccc21.Cc1ccc(S(=O)(=O)[O-])cc1. The molecule has 130 valence electrons. The molecule has 6 nitrogen and oxygen atoms in total. The lowest BCUT2D eigenvalue weighted by Crippen LogP contribution is -3.07. The molecule has 3 rings (SSSR count). The number of nitrogens with one attached hydrogen (secondary N) is 1. The van der Waals surface area contributed by atoms with Crippen molar-refractivity contribution in [3.8, 4) is 0 Å². The number of likely N-dealkylation sites (N-methyl/N-ethyl adjacent to an activating group) is 1. The molecule has 0 saturated heterocycles. The molecule has 0 aromatic heterocycles. The molecule has 1 aliphatic rings. The third-order valence-corrected chi connectivity index (χ3v) is 4.58. The van der Waals surface area contributed by atoms with Crippen LogP contribution in [0.25, 0.3) is 5.57 Å². The van der Waals surface area contributed by atoms with Crippen molar-refractivity contribution in [1.82, 2.24) is 0 Å². The molecule has 0 spiro atoms. The average Bonchev–Trinajstić information content (AvgIpc) is 2.58. The largest absolute Gasteiger partial charge is 0.744 e. The maximum atomic E-state index is 11.5. The Hall–Kier alpha value is -2.61. The van der Waals surface area contributed by atoms with E-state index in [1.165, 1.54) is 18.2 Å². The van der Waals surface area contributed by atoms with Crippen LogP contribution in [0.4, 0.5) is 5.69 Å². The molecule has 2 aromatic rings. The Balaban J connectivity index is 0.000000186. The summed E-state index contributed by atoms with van der Waals surface area (Å²) in [5.74, 6) is -0.0780. The summed E-state index contributed by atoms with van der Waals surface area (Å²) in [5.41, 5.74) is 3.11. The number of fused-ring (bicyclic) bond motifs is 1. The topological polar surface area (TPSA) is 95.8 Å². The molecular weight excluding hydrogens is 342 g/mol. The van der Waals surface area contributed by atoms with Gasteiger partial charge in [0.25, 0.3) is 0 Å². The van der Waals surface area contributed by atoms with E-state index in [1.807, 2.05) is 31.2 Å². The average molecular weight is 359 g/mol. The van der Waals surface area contributed by atoms with Crippen LogP contribution in [0.2, 0.25) is 0 Å². The molecule has 0 fully saturated rings. The number of aldehydes is 1. The molecule has 1 aliphatic heterocycles. The molecular formula is C18H17NO5S. The molecule has 0 radical (unpaired) electrons. The van der Waals surface area contributed by atoms with E-state index in [0.29, 0.717) is 10.5 Å². The minimum atomic E-state index is -4.27. The summed E-state index contributed by atoms with van der Waals surface area (Å²) in [6.07, 6.45) is 2.12. The molecule has 1 unspecified atom stereocenters. The first kappa shape index (κ1) is 18.7. The lowest BCUT2D eigenvalue weighted by Gasteiger charge is -2.17. The maximum absolute atomic E-state index is 11.5. The molecule has 25 heavy (non-hydrogen) atoms. The van der Waals surface area contributed by atoms with E-state index in [-0.39, 0.29) is 10.8 Å². The van der Waals surface area contributed by atoms with Gasteiger partial charge >= 0.3 is 5.91 Å². The first-order valence-corrected chi connectivity index (χ1v) is 8.82. The van der Waals surface area contributed by atoms with Gasteiger partial charge in [0, 0.05) is 17.2 Å². The van der Waals surface area contributed by atoms with Crippen molar-refractivity contribution in [3.63, 3.8) is 0 Å². The fourth-order valence-electron chi connectivity index (χ4n) is 2.32. The van der Waals surface area contributed by atoms with Crippen molar-refractivity contribution in [2.24, 2.45) is 0 Å². The van der Waals surface area contributed by atoms with E-state index < -0.39 is 10.1 Å². The maximum Gasteiger partial charge on any atom is 0.342 e. The molecule has 2 aromatic carbocycles. The summed E-state index contributed by atoms with van der Waals surface area (Å²) in [4.78, 5) is 22.7. The van der Waals surface area contributed by atoms with Crippen molar-refractivity contribution in [1.29, 1.82) is 0 Å². The molecule has 0 saturated carbocycles. The zero-order valence-electron chi connectivity index (χ0n) is 13.7. The van der Waals surface area contributed by atoms with Crippen LogP contribution in [0.15, 0.2) is 59.5 Å². The van der Waals surface area contributed by atoms with Gasteiger partial charge in [-0.05, 0) is 25.1 Å². The summed E-state index contributed by atoms with van der Waals surface area (Å²) in [7, 11) is -2.49. The fraction of sp³-hybridized carbons (Fsp3) is 0.111. The molecule has 1 heterocycles. The van der Waals surface area contributed by atoms with Gasteiger partial charge in [-0.25, -0.2) is 18.1 Å². The molecule has 1 amide bonds. The standard InChI is InChI=1S/C11H9NO2.C7H8O3S/c1-12-10-5-3-2-4-9(10)8(7-13)6-11(12)14;1-6-2-4-7(5-3-6)11(8,9)10/h2-7H,1H3;2-5H,1H3,(H,8,9,10). The summed E-state index contributed by atoms with van der Waals surface area (Å²) >= 11 is 0. The third-order valence-electron chi connectivity index (χ3n) is 3.73. The van der Waals surface area contributed by atoms with Gasteiger partial charge in [-0.15, -0.1) is 0 Å². The number of carbonyl (C=O) groups is 2. The summed E-state index contributed by atoms with van der Waals surface area (Å²) in [6, 6.07) is 13.2. The zero-order valence-corrected chi connectivity index (χ0v) is 14.5. The van der Waals surface area contributed by atoms with Crippen LogP contribution in [-0.2, 0) is 19.7 Å². The van der Waals surface area contributed by atoms with Crippen LogP contribution in [-0.4, -0.2) is 32.2 Å². The van der Waals surface area contributed by atoms with E-state index in [9.17, 15) is 22.6 Å². The number of hydrogen-bond donors (Lipinski definition) is 1. The Bertz CT molecular complexity index is 930. The van der Waals surface area contributed by atoms with Crippen molar-refractivity contribution in [3.05, 3.63) is 65.7 Å². The number of quaternary nitrogens is 1. The predicted octanol–water partition coefficient (Wildman–Crippen LogP) is 0.854. The number of carbonyl (C=O) groups excluding carboxylic acids is 2. The van der Waals surface area contributed by atoms with E-state index in [1.54, 1.807) is 19.2 Å². The van der Waals surface area contributed by atoms with Gasteiger partial charge in [0.15, 0.2) is 6.29 Å². The monoisotopic (exact) mass is 359 g/mol. The van der Waals surface area contributed by atoms with Crippen LogP contribution in [0.1, 0.15) is 11.1 Å². The number of rotatable bonds is 2. The first-order valence-electron chi connectivity index (χ1n) is 7.41.